The molecule has 1 fully saturated rings. The van der Waals surface area contributed by atoms with Gasteiger partial charge in [0.05, 0.1) is 12.8 Å². The van der Waals surface area contributed by atoms with Crippen LogP contribution in [0.25, 0.3) is 0 Å². The van der Waals surface area contributed by atoms with Crippen molar-refractivity contribution in [3.8, 4) is 5.75 Å². The average Bonchev–Trinajstić information content (AvgIpc) is 3.11. The number of aromatic hydroxyl groups is 1. The molecular formula is C15H13F2NO3. The van der Waals surface area contributed by atoms with E-state index in [1.807, 2.05) is 0 Å². The lowest BCUT2D eigenvalue weighted by atomic mass is 10.1. The van der Waals surface area contributed by atoms with E-state index in [1.165, 1.54) is 11.2 Å². The quantitative estimate of drug-likeness (QED) is 0.942. The maximum atomic E-state index is 13.8. The molecule has 1 saturated carbocycles. The number of phenolic OH excluding ortho intramolecular Hbond substituents is 1. The van der Waals surface area contributed by atoms with Gasteiger partial charge in [0.15, 0.2) is 0 Å². The Morgan fingerprint density at radius 1 is 1.38 bits per heavy atom. The Hall–Kier alpha value is -2.37. The van der Waals surface area contributed by atoms with E-state index in [9.17, 15) is 18.7 Å². The second-order valence-corrected chi connectivity index (χ2v) is 5.03. The highest BCUT2D eigenvalue weighted by Crippen LogP contribution is 2.32. The maximum absolute atomic E-state index is 13.8. The number of hydrogen-bond donors (Lipinski definition) is 1. The van der Waals surface area contributed by atoms with E-state index in [4.69, 9.17) is 4.42 Å². The second-order valence-electron chi connectivity index (χ2n) is 5.03. The van der Waals surface area contributed by atoms with Gasteiger partial charge in [-0.3, -0.25) is 4.79 Å². The fourth-order valence-corrected chi connectivity index (χ4v) is 2.24. The summed E-state index contributed by atoms with van der Waals surface area (Å²) in [6, 6.07) is 4.72. The molecule has 0 aliphatic heterocycles. The Morgan fingerprint density at radius 2 is 2.14 bits per heavy atom. The SMILES string of the molecule is O=C(c1c(O)cc(F)cc1F)N(Cc1ccco1)C1CC1. The van der Waals surface area contributed by atoms with Crippen molar-refractivity contribution in [2.75, 3.05) is 0 Å². The van der Waals surface area contributed by atoms with Gasteiger partial charge in [-0.15, -0.1) is 0 Å². The molecule has 110 valence electrons. The summed E-state index contributed by atoms with van der Waals surface area (Å²) in [6.07, 6.45) is 3.12. The molecule has 1 aromatic carbocycles. The van der Waals surface area contributed by atoms with Gasteiger partial charge >= 0.3 is 0 Å². The number of carbonyl (C=O) groups is 1. The molecule has 1 aromatic heterocycles. The highest BCUT2D eigenvalue weighted by Gasteiger charge is 2.35. The Bertz CT molecular complexity index is 643. The Morgan fingerprint density at radius 3 is 2.71 bits per heavy atom. The second kappa shape index (κ2) is 5.20. The van der Waals surface area contributed by atoms with Gasteiger partial charge in [0.25, 0.3) is 5.91 Å². The van der Waals surface area contributed by atoms with Crippen LogP contribution in [0, 0.1) is 11.6 Å². The van der Waals surface area contributed by atoms with Crippen LogP contribution in [0.1, 0.15) is 29.0 Å². The fourth-order valence-electron chi connectivity index (χ4n) is 2.24. The number of nitrogens with zero attached hydrogens (tertiary/aromatic N) is 1. The molecule has 6 heteroatoms. The Kier molecular flexibility index (Phi) is 3.37. The van der Waals surface area contributed by atoms with Gasteiger partial charge in [0.1, 0.15) is 28.7 Å². The van der Waals surface area contributed by atoms with E-state index in [0.29, 0.717) is 11.8 Å². The maximum Gasteiger partial charge on any atom is 0.261 e. The van der Waals surface area contributed by atoms with Crippen LogP contribution in [0.5, 0.6) is 5.75 Å². The first-order valence-corrected chi connectivity index (χ1v) is 6.57. The molecule has 1 amide bonds. The lowest BCUT2D eigenvalue weighted by Gasteiger charge is -2.22. The average molecular weight is 293 g/mol. The van der Waals surface area contributed by atoms with Crippen molar-refractivity contribution < 1.29 is 23.1 Å². The van der Waals surface area contributed by atoms with Crippen molar-refractivity contribution in [1.82, 2.24) is 4.90 Å². The minimum absolute atomic E-state index is 0.00791. The standard InChI is InChI=1S/C15H13F2NO3/c16-9-6-12(17)14(13(19)7-9)15(20)18(10-3-4-10)8-11-2-1-5-21-11/h1-2,5-7,10,19H,3-4,8H2. The third kappa shape index (κ3) is 2.74. The van der Waals surface area contributed by atoms with E-state index >= 15 is 0 Å². The van der Waals surface area contributed by atoms with Gasteiger partial charge < -0.3 is 14.4 Å². The molecule has 0 saturated heterocycles. The van der Waals surface area contributed by atoms with Crippen LogP contribution in [-0.4, -0.2) is 22.0 Å². The third-order valence-corrected chi connectivity index (χ3v) is 3.40. The Balaban J connectivity index is 1.91. The van der Waals surface area contributed by atoms with Crippen molar-refractivity contribution in [2.45, 2.75) is 25.4 Å². The molecule has 0 unspecified atom stereocenters. The van der Waals surface area contributed by atoms with Gasteiger partial charge in [0.2, 0.25) is 0 Å². The number of hydrogen-bond acceptors (Lipinski definition) is 3. The van der Waals surface area contributed by atoms with Crippen LogP contribution < -0.4 is 0 Å². The van der Waals surface area contributed by atoms with Gasteiger partial charge in [-0.05, 0) is 25.0 Å². The zero-order valence-corrected chi connectivity index (χ0v) is 11.1. The number of furan rings is 1. The molecule has 0 spiro atoms. The molecular weight excluding hydrogens is 280 g/mol. The van der Waals surface area contributed by atoms with Crippen molar-refractivity contribution >= 4 is 5.91 Å². The largest absolute Gasteiger partial charge is 0.507 e. The van der Waals surface area contributed by atoms with Crippen molar-refractivity contribution in [1.29, 1.82) is 0 Å². The van der Waals surface area contributed by atoms with Crippen LogP contribution >= 0.6 is 0 Å². The zero-order chi connectivity index (χ0) is 15.0. The smallest absolute Gasteiger partial charge is 0.261 e. The predicted molar refractivity (Wildman–Crippen MR) is 69.6 cm³/mol. The molecule has 1 aliphatic carbocycles. The van der Waals surface area contributed by atoms with Gasteiger partial charge in [-0.2, -0.15) is 0 Å². The van der Waals surface area contributed by atoms with Gasteiger partial charge in [-0.1, -0.05) is 0 Å². The molecule has 0 bridgehead atoms. The van der Waals surface area contributed by atoms with Crippen molar-refractivity contribution in [2.24, 2.45) is 0 Å². The van der Waals surface area contributed by atoms with Crippen LogP contribution in [0.2, 0.25) is 0 Å². The summed E-state index contributed by atoms with van der Waals surface area (Å²) in [5, 5.41) is 9.67. The third-order valence-electron chi connectivity index (χ3n) is 3.40. The van der Waals surface area contributed by atoms with E-state index in [2.05, 4.69) is 0 Å². The monoisotopic (exact) mass is 293 g/mol. The molecule has 3 rings (SSSR count). The minimum Gasteiger partial charge on any atom is -0.507 e. The van der Waals surface area contributed by atoms with E-state index < -0.39 is 28.9 Å². The molecule has 2 aromatic rings. The van der Waals surface area contributed by atoms with Crippen molar-refractivity contribution in [3.63, 3.8) is 0 Å². The number of halogens is 2. The lowest BCUT2D eigenvalue weighted by molar-refractivity contribution is 0.0709. The number of benzene rings is 1. The first-order valence-electron chi connectivity index (χ1n) is 6.57. The highest BCUT2D eigenvalue weighted by molar-refractivity contribution is 5.97. The summed E-state index contributed by atoms with van der Waals surface area (Å²) in [4.78, 5) is 13.9. The number of carbonyl (C=O) groups excluding carboxylic acids is 1. The summed E-state index contributed by atoms with van der Waals surface area (Å²) in [5.41, 5.74) is -0.505. The minimum atomic E-state index is -1.07. The van der Waals surface area contributed by atoms with E-state index in [-0.39, 0.29) is 12.6 Å². The summed E-state index contributed by atoms with van der Waals surface area (Å²) in [6.45, 7) is 0.187. The van der Waals surface area contributed by atoms with Crippen LogP contribution in [0.3, 0.4) is 0 Å². The first kappa shape index (κ1) is 13.6. The zero-order valence-electron chi connectivity index (χ0n) is 11.1. The van der Waals surface area contributed by atoms with Gasteiger partial charge in [0, 0.05) is 18.2 Å². The molecule has 1 aliphatic rings. The van der Waals surface area contributed by atoms with E-state index in [0.717, 1.165) is 18.9 Å². The molecule has 0 radical (unpaired) electrons. The number of rotatable bonds is 4. The van der Waals surface area contributed by atoms with Crippen LogP contribution in [-0.2, 0) is 6.54 Å². The topological polar surface area (TPSA) is 53.7 Å². The lowest BCUT2D eigenvalue weighted by Crippen LogP contribution is -2.33. The fraction of sp³-hybridized carbons (Fsp3) is 0.267. The highest BCUT2D eigenvalue weighted by atomic mass is 19.1. The number of amides is 1. The van der Waals surface area contributed by atoms with Crippen LogP contribution in [0.15, 0.2) is 34.9 Å². The summed E-state index contributed by atoms with van der Waals surface area (Å²) < 4.78 is 32.0. The van der Waals surface area contributed by atoms with E-state index in [1.54, 1.807) is 12.1 Å². The molecule has 1 N–H and O–H groups in total. The number of phenols is 1. The molecule has 1 heterocycles. The molecule has 4 nitrogen and oxygen atoms in total. The Labute approximate surface area is 119 Å². The summed E-state index contributed by atoms with van der Waals surface area (Å²) in [5.74, 6) is -2.78. The predicted octanol–water partition coefficient (Wildman–Crippen LogP) is 3.07. The summed E-state index contributed by atoms with van der Waals surface area (Å²) in [7, 11) is 0. The summed E-state index contributed by atoms with van der Waals surface area (Å²) >= 11 is 0. The molecule has 21 heavy (non-hydrogen) atoms. The normalized spacial score (nSPS) is 14.2. The first-order chi connectivity index (χ1) is 10.1. The van der Waals surface area contributed by atoms with Crippen LogP contribution in [0.4, 0.5) is 8.78 Å². The van der Waals surface area contributed by atoms with Crippen molar-refractivity contribution in [3.05, 3.63) is 53.5 Å². The van der Waals surface area contributed by atoms with Gasteiger partial charge in [-0.25, -0.2) is 8.78 Å². The molecule has 0 atom stereocenters.